The minimum atomic E-state index is 0.0518. The van der Waals surface area contributed by atoms with E-state index in [1.807, 2.05) is 0 Å². The highest BCUT2D eigenvalue weighted by atomic mass is 16.7. The molecule has 0 radical (unpaired) electrons. The maximum Gasteiger partial charge on any atom is 0.155 e. The average molecular weight is 180 g/mol. The molecule has 3 rings (SSSR count). The first-order valence-corrected chi connectivity index (χ1v) is 5.34. The van der Waals surface area contributed by atoms with E-state index in [2.05, 4.69) is 10.5 Å². The van der Waals surface area contributed by atoms with Gasteiger partial charge in [0.15, 0.2) is 5.60 Å². The molecule has 3 heteroatoms. The van der Waals surface area contributed by atoms with Crippen LogP contribution in [-0.4, -0.2) is 24.4 Å². The lowest BCUT2D eigenvalue weighted by Crippen LogP contribution is -2.45. The Morgan fingerprint density at radius 3 is 3.08 bits per heavy atom. The molecular weight excluding hydrogens is 164 g/mol. The van der Waals surface area contributed by atoms with Gasteiger partial charge in [-0.1, -0.05) is 5.16 Å². The van der Waals surface area contributed by atoms with Crippen molar-refractivity contribution in [1.82, 2.24) is 5.32 Å². The van der Waals surface area contributed by atoms with Crippen molar-refractivity contribution < 1.29 is 4.84 Å². The summed E-state index contributed by atoms with van der Waals surface area (Å²) in [6.07, 6.45) is 6.18. The minimum Gasteiger partial charge on any atom is -0.387 e. The van der Waals surface area contributed by atoms with Crippen LogP contribution < -0.4 is 5.32 Å². The van der Waals surface area contributed by atoms with Gasteiger partial charge in [-0.2, -0.15) is 0 Å². The molecule has 2 fully saturated rings. The summed E-state index contributed by atoms with van der Waals surface area (Å²) in [5.74, 6) is 0.779. The lowest BCUT2D eigenvalue weighted by atomic mass is 9.88. The van der Waals surface area contributed by atoms with Gasteiger partial charge in [-0.25, -0.2) is 0 Å². The second kappa shape index (κ2) is 2.71. The number of nitrogens with one attached hydrogen (secondary N) is 1. The van der Waals surface area contributed by atoms with Gasteiger partial charge < -0.3 is 10.2 Å². The van der Waals surface area contributed by atoms with Crippen molar-refractivity contribution >= 4 is 5.71 Å². The Hall–Kier alpha value is -0.570. The largest absolute Gasteiger partial charge is 0.387 e. The second-order valence-electron chi connectivity index (χ2n) is 4.59. The first kappa shape index (κ1) is 7.80. The highest BCUT2D eigenvalue weighted by Crippen LogP contribution is 2.40. The molecule has 0 aromatic carbocycles. The van der Waals surface area contributed by atoms with E-state index in [0.29, 0.717) is 0 Å². The van der Waals surface area contributed by atoms with Crippen LogP contribution in [0.25, 0.3) is 0 Å². The normalized spacial score (nSPS) is 38.9. The Bertz CT molecular complexity index is 239. The first-order chi connectivity index (χ1) is 6.38. The van der Waals surface area contributed by atoms with Crippen molar-refractivity contribution in [2.24, 2.45) is 11.1 Å². The molecule has 2 aliphatic heterocycles. The standard InChI is InChI=1S/C10H16N2O/c1-4-10(7-11-5-1)6-9(12-13-10)8-2-3-8/h8,11H,1-7H2. The molecule has 0 bridgehead atoms. The van der Waals surface area contributed by atoms with Gasteiger partial charge in [0.2, 0.25) is 0 Å². The Morgan fingerprint density at radius 2 is 2.38 bits per heavy atom. The number of hydrogen-bond acceptors (Lipinski definition) is 3. The predicted octanol–water partition coefficient (Wildman–Crippen LogP) is 1.29. The molecule has 1 atom stereocenters. The van der Waals surface area contributed by atoms with E-state index < -0.39 is 0 Å². The number of oxime groups is 1. The smallest absolute Gasteiger partial charge is 0.155 e. The van der Waals surface area contributed by atoms with E-state index in [1.54, 1.807) is 0 Å². The highest BCUT2D eigenvalue weighted by Gasteiger charge is 2.44. The second-order valence-corrected chi connectivity index (χ2v) is 4.59. The maximum absolute atomic E-state index is 5.62. The number of hydrogen-bond donors (Lipinski definition) is 1. The molecule has 1 saturated heterocycles. The third-order valence-electron chi connectivity index (χ3n) is 3.34. The molecule has 3 nitrogen and oxygen atoms in total. The molecular formula is C10H16N2O. The summed E-state index contributed by atoms with van der Waals surface area (Å²) < 4.78 is 0. The fraction of sp³-hybridized carbons (Fsp3) is 0.900. The minimum absolute atomic E-state index is 0.0518. The molecule has 0 aromatic heterocycles. The monoisotopic (exact) mass is 180 g/mol. The number of rotatable bonds is 1. The molecule has 1 unspecified atom stereocenters. The van der Waals surface area contributed by atoms with E-state index in [1.165, 1.54) is 31.4 Å². The summed E-state index contributed by atoms with van der Waals surface area (Å²) in [6, 6.07) is 0. The lowest BCUT2D eigenvalue weighted by Gasteiger charge is -2.31. The molecule has 2 heterocycles. The molecule has 0 aromatic rings. The zero-order chi connectivity index (χ0) is 8.73. The molecule has 1 N–H and O–H groups in total. The summed E-state index contributed by atoms with van der Waals surface area (Å²) in [5, 5.41) is 7.65. The van der Waals surface area contributed by atoms with Crippen LogP contribution in [0.2, 0.25) is 0 Å². The molecule has 1 spiro atoms. The van der Waals surface area contributed by atoms with Gasteiger partial charge in [0.1, 0.15) is 0 Å². The summed E-state index contributed by atoms with van der Waals surface area (Å²) in [6.45, 7) is 2.14. The lowest BCUT2D eigenvalue weighted by molar-refractivity contribution is -0.0347. The quantitative estimate of drug-likeness (QED) is 0.659. The van der Waals surface area contributed by atoms with Gasteiger partial charge in [0.25, 0.3) is 0 Å². The van der Waals surface area contributed by atoms with E-state index in [-0.39, 0.29) is 5.60 Å². The van der Waals surface area contributed by atoms with E-state index in [4.69, 9.17) is 4.84 Å². The summed E-state index contributed by atoms with van der Waals surface area (Å²) in [4.78, 5) is 5.62. The number of piperidine rings is 1. The van der Waals surface area contributed by atoms with Crippen LogP contribution >= 0.6 is 0 Å². The van der Waals surface area contributed by atoms with Crippen molar-refractivity contribution in [3.05, 3.63) is 0 Å². The molecule has 13 heavy (non-hydrogen) atoms. The fourth-order valence-electron chi connectivity index (χ4n) is 2.35. The molecule has 1 aliphatic carbocycles. The van der Waals surface area contributed by atoms with Crippen molar-refractivity contribution in [3.63, 3.8) is 0 Å². The third kappa shape index (κ3) is 1.35. The van der Waals surface area contributed by atoms with E-state index in [0.717, 1.165) is 25.4 Å². The van der Waals surface area contributed by atoms with Gasteiger partial charge >= 0.3 is 0 Å². The van der Waals surface area contributed by atoms with Gasteiger partial charge in [-0.15, -0.1) is 0 Å². The van der Waals surface area contributed by atoms with Crippen LogP contribution in [0.3, 0.4) is 0 Å². The highest BCUT2D eigenvalue weighted by molar-refractivity contribution is 5.90. The van der Waals surface area contributed by atoms with Crippen molar-refractivity contribution in [3.8, 4) is 0 Å². The Labute approximate surface area is 78.5 Å². The van der Waals surface area contributed by atoms with Gasteiger partial charge in [0.05, 0.1) is 5.71 Å². The van der Waals surface area contributed by atoms with E-state index >= 15 is 0 Å². The molecule has 72 valence electrons. The van der Waals surface area contributed by atoms with Gasteiger partial charge in [-0.3, -0.25) is 0 Å². The summed E-state index contributed by atoms with van der Waals surface area (Å²) >= 11 is 0. The maximum atomic E-state index is 5.62. The first-order valence-electron chi connectivity index (χ1n) is 5.34. The van der Waals surface area contributed by atoms with Crippen molar-refractivity contribution in [1.29, 1.82) is 0 Å². The Morgan fingerprint density at radius 1 is 1.46 bits per heavy atom. The zero-order valence-corrected chi connectivity index (χ0v) is 7.88. The zero-order valence-electron chi connectivity index (χ0n) is 7.88. The van der Waals surface area contributed by atoms with E-state index in [9.17, 15) is 0 Å². The average Bonchev–Trinajstić information content (AvgIpc) is 2.93. The Kier molecular flexibility index (Phi) is 1.62. The molecule has 3 aliphatic rings. The van der Waals surface area contributed by atoms with Gasteiger partial charge in [-0.05, 0) is 32.2 Å². The van der Waals surface area contributed by atoms with Crippen LogP contribution in [0.1, 0.15) is 32.1 Å². The van der Waals surface area contributed by atoms with Crippen LogP contribution in [0.4, 0.5) is 0 Å². The van der Waals surface area contributed by atoms with Crippen LogP contribution in [0.15, 0.2) is 5.16 Å². The van der Waals surface area contributed by atoms with Crippen LogP contribution in [0, 0.1) is 5.92 Å². The molecule has 0 amide bonds. The van der Waals surface area contributed by atoms with Crippen molar-refractivity contribution in [2.45, 2.75) is 37.7 Å². The Balaban J connectivity index is 1.68. The topological polar surface area (TPSA) is 33.6 Å². The predicted molar refractivity (Wildman–Crippen MR) is 50.7 cm³/mol. The number of nitrogens with zero attached hydrogens (tertiary/aromatic N) is 1. The van der Waals surface area contributed by atoms with Crippen molar-refractivity contribution in [2.75, 3.05) is 13.1 Å². The fourth-order valence-corrected chi connectivity index (χ4v) is 2.35. The third-order valence-corrected chi connectivity index (χ3v) is 3.34. The SMILES string of the molecule is C1CNCC2(C1)CC(C1CC1)=NO2. The summed E-state index contributed by atoms with van der Waals surface area (Å²) in [5.41, 5.74) is 1.39. The molecule has 1 saturated carbocycles. The van der Waals surface area contributed by atoms with Crippen LogP contribution in [-0.2, 0) is 4.84 Å². The van der Waals surface area contributed by atoms with Crippen LogP contribution in [0.5, 0.6) is 0 Å². The van der Waals surface area contributed by atoms with Gasteiger partial charge in [0, 0.05) is 18.9 Å². The summed E-state index contributed by atoms with van der Waals surface area (Å²) in [7, 11) is 0.